The number of rotatable bonds is 8. The van der Waals surface area contributed by atoms with Gasteiger partial charge in [-0.3, -0.25) is 0 Å². The second kappa shape index (κ2) is 9.52. The van der Waals surface area contributed by atoms with Crippen LogP contribution in [-0.4, -0.2) is 12.3 Å². The minimum absolute atomic E-state index is 0.230. The van der Waals surface area contributed by atoms with Gasteiger partial charge in [-0.15, -0.1) is 0 Å². The molecule has 0 rings (SSSR count). The lowest BCUT2D eigenvalue weighted by molar-refractivity contribution is 0.107. The van der Waals surface area contributed by atoms with Gasteiger partial charge in [-0.05, 0) is 6.42 Å². The largest absolute Gasteiger partial charge is 0.518 e. The van der Waals surface area contributed by atoms with Crippen molar-refractivity contribution in [2.24, 2.45) is 0 Å². The van der Waals surface area contributed by atoms with Crippen LogP contribution >= 0.6 is 0 Å². The Balaban J connectivity index is 3.78. The number of carbonyl (C=O) groups is 2. The number of allylic oxidation sites excluding steroid dienone is 2. The summed E-state index contributed by atoms with van der Waals surface area (Å²) in [5.41, 5.74) is 0. The Hall–Kier alpha value is -2.50. The summed E-state index contributed by atoms with van der Waals surface area (Å²) >= 11 is 0. The van der Waals surface area contributed by atoms with Crippen LogP contribution in [0.25, 0.3) is 0 Å². The molecule has 0 aliphatic heterocycles. The van der Waals surface area contributed by atoms with Crippen molar-refractivity contribution in [2.75, 3.05) is 0 Å². The Labute approximate surface area is 111 Å². The van der Waals surface area contributed by atoms with Crippen LogP contribution in [0.5, 0.6) is 0 Å². The topological polar surface area (TPSA) is 71.1 Å². The molecule has 19 heavy (non-hydrogen) atoms. The van der Waals surface area contributed by atoms with Gasteiger partial charge in [-0.25, -0.2) is 9.59 Å². The fourth-order valence-corrected chi connectivity index (χ4v) is 1.00. The van der Waals surface area contributed by atoms with E-state index >= 15 is 0 Å². The average molecular weight is 268 g/mol. The van der Waals surface area contributed by atoms with Gasteiger partial charge in [-0.2, -0.15) is 0 Å². The molecule has 0 saturated carbocycles. The molecular formula is C13H16O6. The van der Waals surface area contributed by atoms with Gasteiger partial charge in [0.15, 0.2) is 0 Å². The normalized spacial score (nSPS) is 8.84. The second-order valence-electron chi connectivity index (χ2n) is 3.20. The first-order valence-corrected chi connectivity index (χ1v) is 5.34. The predicted molar refractivity (Wildman–Crippen MR) is 67.7 cm³/mol. The van der Waals surface area contributed by atoms with E-state index in [4.69, 9.17) is 9.47 Å². The van der Waals surface area contributed by atoms with Crippen LogP contribution in [0.2, 0.25) is 0 Å². The summed E-state index contributed by atoms with van der Waals surface area (Å²) in [6.45, 7) is 13.5. The van der Waals surface area contributed by atoms with Crippen LogP contribution in [0.4, 0.5) is 9.59 Å². The van der Waals surface area contributed by atoms with Gasteiger partial charge in [0.2, 0.25) is 0 Å². The molecule has 0 saturated heterocycles. The third kappa shape index (κ3) is 9.22. The van der Waals surface area contributed by atoms with Crippen molar-refractivity contribution in [3.63, 3.8) is 0 Å². The quantitative estimate of drug-likeness (QED) is 0.493. The van der Waals surface area contributed by atoms with E-state index in [0.29, 0.717) is 19.3 Å². The van der Waals surface area contributed by atoms with Crippen LogP contribution in [0.3, 0.4) is 0 Å². The van der Waals surface area contributed by atoms with Crippen molar-refractivity contribution in [1.82, 2.24) is 0 Å². The third-order valence-electron chi connectivity index (χ3n) is 1.73. The van der Waals surface area contributed by atoms with Gasteiger partial charge in [0.05, 0.1) is 12.5 Å². The van der Waals surface area contributed by atoms with Crippen LogP contribution in [0.15, 0.2) is 50.4 Å². The number of hydrogen-bond donors (Lipinski definition) is 0. The summed E-state index contributed by atoms with van der Waals surface area (Å²) in [4.78, 5) is 21.8. The summed E-state index contributed by atoms with van der Waals surface area (Å²) < 4.78 is 18.1. The summed E-state index contributed by atoms with van der Waals surface area (Å²) in [5, 5.41) is 0. The lowest BCUT2D eigenvalue weighted by atomic mass is 10.2. The van der Waals surface area contributed by atoms with Crippen LogP contribution < -0.4 is 0 Å². The maximum atomic E-state index is 10.9. The van der Waals surface area contributed by atoms with E-state index in [1.807, 2.05) is 0 Å². The van der Waals surface area contributed by atoms with E-state index in [1.54, 1.807) is 0 Å². The van der Waals surface area contributed by atoms with Crippen molar-refractivity contribution < 1.29 is 28.5 Å². The Morgan fingerprint density at radius 1 is 0.842 bits per heavy atom. The zero-order valence-corrected chi connectivity index (χ0v) is 10.6. The van der Waals surface area contributed by atoms with Crippen LogP contribution in [0.1, 0.15) is 19.3 Å². The molecular weight excluding hydrogens is 252 g/mol. The highest BCUT2D eigenvalue weighted by atomic mass is 16.7. The lowest BCUT2D eigenvalue weighted by Gasteiger charge is -2.07. The molecule has 0 N–H and O–H groups in total. The highest BCUT2D eigenvalue weighted by Crippen LogP contribution is 2.13. The molecule has 0 spiro atoms. The Morgan fingerprint density at radius 2 is 1.21 bits per heavy atom. The van der Waals surface area contributed by atoms with Crippen molar-refractivity contribution in [2.45, 2.75) is 19.3 Å². The number of hydrogen-bond acceptors (Lipinski definition) is 6. The van der Waals surface area contributed by atoms with E-state index in [-0.39, 0.29) is 11.5 Å². The molecule has 0 unspecified atom stereocenters. The maximum absolute atomic E-state index is 10.9. The van der Waals surface area contributed by atoms with Gasteiger partial charge in [0, 0.05) is 12.8 Å². The highest BCUT2D eigenvalue weighted by Gasteiger charge is 2.08. The fourth-order valence-electron chi connectivity index (χ4n) is 1.00. The Kier molecular flexibility index (Phi) is 8.27. The average Bonchev–Trinajstić information content (AvgIpc) is 2.28. The molecule has 0 radical (unpaired) electrons. The smallest absolute Gasteiger partial charge is 0.403 e. The molecule has 0 aliphatic carbocycles. The predicted octanol–water partition coefficient (Wildman–Crippen LogP) is 3.78. The van der Waals surface area contributed by atoms with Crippen molar-refractivity contribution >= 4 is 12.3 Å². The third-order valence-corrected chi connectivity index (χ3v) is 1.73. The summed E-state index contributed by atoms with van der Waals surface area (Å²) in [6, 6.07) is 0. The molecule has 0 aromatic heterocycles. The number of carbonyl (C=O) groups excluding carboxylic acids is 2. The van der Waals surface area contributed by atoms with Crippen LogP contribution in [0, 0.1) is 0 Å². The first-order chi connectivity index (χ1) is 8.99. The van der Waals surface area contributed by atoms with Gasteiger partial charge in [0.1, 0.15) is 11.5 Å². The number of ether oxygens (including phenoxy) is 4. The van der Waals surface area contributed by atoms with Gasteiger partial charge in [-0.1, -0.05) is 26.3 Å². The monoisotopic (exact) mass is 268 g/mol. The van der Waals surface area contributed by atoms with Crippen molar-refractivity contribution in [3.8, 4) is 0 Å². The summed E-state index contributed by atoms with van der Waals surface area (Å²) in [5.74, 6) is 0.460. The molecule has 0 bridgehead atoms. The second-order valence-corrected chi connectivity index (χ2v) is 3.20. The van der Waals surface area contributed by atoms with Gasteiger partial charge >= 0.3 is 12.3 Å². The molecule has 104 valence electrons. The summed E-state index contributed by atoms with van der Waals surface area (Å²) in [7, 11) is 0. The molecule has 0 amide bonds. The summed E-state index contributed by atoms with van der Waals surface area (Å²) in [6.07, 6.45) is 1.40. The standard InChI is InChI=1S/C13H16O6/c1-5-16-12(14)18-10(3)8-7-9-11(4)19-13(15)17-6-2/h5-6H,1-4,7-9H2. The van der Waals surface area contributed by atoms with Crippen molar-refractivity contribution in [1.29, 1.82) is 0 Å². The molecule has 0 aliphatic rings. The molecule has 6 heteroatoms. The minimum Gasteiger partial charge on any atom is -0.403 e. The zero-order chi connectivity index (χ0) is 14.7. The molecule has 0 fully saturated rings. The van der Waals surface area contributed by atoms with Crippen molar-refractivity contribution in [3.05, 3.63) is 50.4 Å². The van der Waals surface area contributed by atoms with E-state index in [2.05, 4.69) is 35.8 Å². The van der Waals surface area contributed by atoms with E-state index in [0.717, 1.165) is 12.5 Å². The maximum Gasteiger partial charge on any atom is 0.518 e. The Bertz CT molecular complexity index is 347. The highest BCUT2D eigenvalue weighted by molar-refractivity contribution is 5.62. The van der Waals surface area contributed by atoms with Crippen LogP contribution in [-0.2, 0) is 18.9 Å². The molecule has 0 aromatic rings. The molecule has 0 atom stereocenters. The SMILES string of the molecule is C=COC(=O)OC(=C)CCCC(=C)OC(=O)OC=C. The minimum atomic E-state index is -0.898. The van der Waals surface area contributed by atoms with Gasteiger partial charge < -0.3 is 18.9 Å². The van der Waals surface area contributed by atoms with E-state index in [9.17, 15) is 9.59 Å². The molecule has 0 heterocycles. The first-order valence-electron chi connectivity index (χ1n) is 5.34. The Morgan fingerprint density at radius 3 is 1.53 bits per heavy atom. The van der Waals surface area contributed by atoms with Gasteiger partial charge in [0.25, 0.3) is 0 Å². The first kappa shape index (κ1) is 16.5. The molecule has 6 nitrogen and oxygen atoms in total. The van der Waals surface area contributed by atoms with E-state index < -0.39 is 12.3 Å². The lowest BCUT2D eigenvalue weighted by Crippen LogP contribution is -2.04. The zero-order valence-electron chi connectivity index (χ0n) is 10.6. The molecule has 0 aromatic carbocycles. The van der Waals surface area contributed by atoms with E-state index in [1.165, 1.54) is 0 Å². The fraction of sp³-hybridized carbons (Fsp3) is 0.231.